The molecule has 1 saturated heterocycles. The molecule has 45 heavy (non-hydrogen) atoms. The number of unbranched alkanes of at least 4 members (excludes halogenated alkanes) is 3. The molecule has 1 aromatic heterocycles. The van der Waals surface area contributed by atoms with Gasteiger partial charge in [-0.15, -0.1) is 0 Å². The van der Waals surface area contributed by atoms with Crippen LogP contribution in [0.1, 0.15) is 60.4 Å². The number of aliphatic hydroxyl groups is 2. The van der Waals surface area contributed by atoms with Crippen molar-refractivity contribution in [2.24, 2.45) is 0 Å². The first kappa shape index (κ1) is 31.3. The van der Waals surface area contributed by atoms with Crippen LogP contribution in [0.2, 0.25) is 0 Å². The third kappa shape index (κ3) is 6.51. The average Bonchev–Trinajstić information content (AvgIpc) is 3.58. The minimum Gasteiger partial charge on any atom is -0.493 e. The summed E-state index contributed by atoms with van der Waals surface area (Å²) in [7, 11) is 0. The van der Waals surface area contributed by atoms with Crippen molar-refractivity contribution < 1.29 is 32.9 Å². The first-order valence-corrected chi connectivity index (χ1v) is 15.5. The topological polar surface area (TPSA) is 87.1 Å². The molecule has 3 N–H and O–H groups in total. The van der Waals surface area contributed by atoms with E-state index in [1.165, 1.54) is 12.3 Å². The van der Waals surface area contributed by atoms with Crippen LogP contribution in [0.3, 0.4) is 0 Å². The monoisotopic (exact) mass is 621 g/mol. The fourth-order valence-corrected chi connectivity index (χ4v) is 6.38. The quantitative estimate of drug-likeness (QED) is 0.174. The molecule has 3 unspecified atom stereocenters. The predicted molar refractivity (Wildman–Crippen MR) is 165 cm³/mol. The fourth-order valence-electron chi connectivity index (χ4n) is 6.38. The van der Waals surface area contributed by atoms with Crippen molar-refractivity contribution in [3.63, 3.8) is 0 Å². The number of pyridine rings is 1. The number of rotatable bonds is 11. The third-order valence-corrected chi connectivity index (χ3v) is 8.88. The smallest absolute Gasteiger partial charge is 0.418 e. The van der Waals surface area contributed by atoms with E-state index >= 15 is 0 Å². The summed E-state index contributed by atoms with van der Waals surface area (Å²) < 4.78 is 53.0. The van der Waals surface area contributed by atoms with Crippen molar-refractivity contribution in [2.45, 2.75) is 69.7 Å². The van der Waals surface area contributed by atoms with E-state index < -0.39 is 29.9 Å². The van der Waals surface area contributed by atoms with Crippen molar-refractivity contribution in [3.05, 3.63) is 101 Å². The highest BCUT2D eigenvalue weighted by Crippen LogP contribution is 2.39. The van der Waals surface area contributed by atoms with Gasteiger partial charge in [-0.05, 0) is 60.7 Å². The predicted octanol–water partition coefficient (Wildman–Crippen LogP) is 6.13. The number of nitrogens with zero attached hydrogens (tertiary/aromatic N) is 2. The average molecular weight is 622 g/mol. The van der Waals surface area contributed by atoms with Gasteiger partial charge in [-0.25, -0.2) is 4.90 Å². The van der Waals surface area contributed by atoms with Crippen molar-refractivity contribution in [2.75, 3.05) is 19.8 Å². The number of para-hydroxylation sites is 1. The Balaban J connectivity index is 1.05. The molecule has 0 spiro atoms. The highest BCUT2D eigenvalue weighted by atomic mass is 19.4. The van der Waals surface area contributed by atoms with E-state index in [2.05, 4.69) is 10.3 Å². The van der Waals surface area contributed by atoms with Gasteiger partial charge in [0.25, 0.3) is 0 Å². The summed E-state index contributed by atoms with van der Waals surface area (Å²) in [4.78, 5) is 5.88. The Kier molecular flexibility index (Phi) is 9.01. The molecule has 3 aromatic carbocycles. The molecule has 1 fully saturated rings. The Bertz CT molecular complexity index is 1630. The molecule has 7 nitrogen and oxygen atoms in total. The van der Waals surface area contributed by atoms with Crippen LogP contribution < -0.4 is 14.8 Å². The van der Waals surface area contributed by atoms with Crippen molar-refractivity contribution in [1.82, 2.24) is 15.2 Å². The van der Waals surface area contributed by atoms with E-state index in [0.29, 0.717) is 43.7 Å². The SMILES string of the molecule is CC1(c2ccc3c(c2)CCO3)NC(O)N(CCCCCCOc2c(Cc3ccccc3)cnc3c(C(F)(F)F)cccc23)C1O. The minimum absolute atomic E-state index is 0.117. The number of nitrogens with one attached hydrogen (secondary N) is 1. The maximum Gasteiger partial charge on any atom is 0.418 e. The molecule has 2 aliphatic heterocycles. The highest BCUT2D eigenvalue weighted by molar-refractivity contribution is 5.89. The van der Waals surface area contributed by atoms with Gasteiger partial charge in [0.2, 0.25) is 0 Å². The third-order valence-electron chi connectivity index (χ3n) is 8.88. The summed E-state index contributed by atoms with van der Waals surface area (Å²) in [5.41, 5.74) is 2.02. The normalized spacial score (nSPS) is 21.6. The number of alkyl halides is 3. The number of hydrogen-bond donors (Lipinski definition) is 3. The van der Waals surface area contributed by atoms with E-state index in [4.69, 9.17) is 9.47 Å². The summed E-state index contributed by atoms with van der Waals surface area (Å²) in [6.45, 7) is 3.38. The van der Waals surface area contributed by atoms with Crippen LogP contribution in [0.5, 0.6) is 11.5 Å². The lowest BCUT2D eigenvalue weighted by molar-refractivity contribution is -0.136. The van der Waals surface area contributed by atoms with Crippen LogP contribution in [0.15, 0.2) is 72.9 Å². The molecule has 3 atom stereocenters. The van der Waals surface area contributed by atoms with Crippen molar-refractivity contribution in [1.29, 1.82) is 0 Å². The lowest BCUT2D eigenvalue weighted by atomic mass is 9.89. The number of aliphatic hydroxyl groups excluding tert-OH is 2. The molecule has 0 amide bonds. The fraction of sp³-hybridized carbons (Fsp3) is 0.400. The number of hydrogen-bond acceptors (Lipinski definition) is 7. The standard InChI is InChI=1S/C35H38F3N3O4/c1-34(26-14-15-29-24(21-26)16-19-44-29)32(42)41(33(43)40-34)17-7-2-3-8-18-45-31-25(20-23-10-5-4-6-11-23)22-39-30-27(31)12-9-13-28(30)35(36,37)38/h4-6,9-15,21-22,32-33,40,42-43H,2-3,7-8,16-20H2,1H3. The van der Waals surface area contributed by atoms with Crippen molar-refractivity contribution >= 4 is 10.9 Å². The molecule has 6 rings (SSSR count). The van der Waals surface area contributed by atoms with Crippen LogP contribution in [-0.4, -0.2) is 52.4 Å². The zero-order valence-electron chi connectivity index (χ0n) is 25.2. The summed E-state index contributed by atoms with van der Waals surface area (Å²) in [5.74, 6) is 1.30. The molecule has 3 heterocycles. The Hall–Kier alpha value is -3.70. The molecule has 0 saturated carbocycles. The molecular weight excluding hydrogens is 583 g/mol. The number of benzene rings is 3. The van der Waals surface area contributed by atoms with E-state index in [1.807, 2.05) is 55.5 Å². The molecule has 0 aliphatic carbocycles. The van der Waals surface area contributed by atoms with Gasteiger partial charge in [-0.2, -0.15) is 13.2 Å². The number of halogens is 3. The van der Waals surface area contributed by atoms with Gasteiger partial charge in [0, 0.05) is 36.5 Å². The van der Waals surface area contributed by atoms with Crippen molar-refractivity contribution in [3.8, 4) is 11.5 Å². The summed E-state index contributed by atoms with van der Waals surface area (Å²) in [6.07, 6.45) is -0.521. The zero-order chi connectivity index (χ0) is 31.6. The number of fused-ring (bicyclic) bond motifs is 2. The molecule has 4 aromatic rings. The van der Waals surface area contributed by atoms with Gasteiger partial charge in [0.05, 0.1) is 29.8 Å². The van der Waals surface area contributed by atoms with Gasteiger partial charge in [0.1, 0.15) is 17.7 Å². The van der Waals surface area contributed by atoms with E-state index in [0.717, 1.165) is 59.8 Å². The molecule has 0 bridgehead atoms. The minimum atomic E-state index is -4.52. The summed E-state index contributed by atoms with van der Waals surface area (Å²) in [6, 6.07) is 19.6. The van der Waals surface area contributed by atoms with Crippen LogP contribution in [-0.2, 0) is 24.6 Å². The molecule has 10 heteroatoms. The molecular formula is C35H38F3N3O4. The molecule has 0 radical (unpaired) electrons. The Morgan fingerprint density at radius 2 is 1.82 bits per heavy atom. The van der Waals surface area contributed by atoms with E-state index in [1.54, 1.807) is 11.0 Å². The molecule has 2 aliphatic rings. The number of aromatic nitrogens is 1. The largest absolute Gasteiger partial charge is 0.493 e. The maximum atomic E-state index is 13.7. The first-order chi connectivity index (χ1) is 21.6. The zero-order valence-corrected chi connectivity index (χ0v) is 25.2. The van der Waals surface area contributed by atoms with Crippen LogP contribution in [0.4, 0.5) is 13.2 Å². The van der Waals surface area contributed by atoms with Crippen LogP contribution in [0.25, 0.3) is 10.9 Å². The Morgan fingerprint density at radius 1 is 1.02 bits per heavy atom. The Morgan fingerprint density at radius 3 is 2.62 bits per heavy atom. The van der Waals surface area contributed by atoms with Gasteiger partial charge < -0.3 is 19.7 Å². The van der Waals surface area contributed by atoms with Crippen LogP contribution in [0, 0.1) is 0 Å². The van der Waals surface area contributed by atoms with E-state index in [9.17, 15) is 23.4 Å². The lowest BCUT2D eigenvalue weighted by Gasteiger charge is -2.31. The van der Waals surface area contributed by atoms with E-state index in [-0.39, 0.29) is 5.52 Å². The van der Waals surface area contributed by atoms with Gasteiger partial charge in [0.15, 0.2) is 6.35 Å². The van der Waals surface area contributed by atoms with Gasteiger partial charge in [-0.1, -0.05) is 55.3 Å². The van der Waals surface area contributed by atoms with Crippen LogP contribution >= 0.6 is 0 Å². The Labute approximate surface area is 260 Å². The maximum absolute atomic E-state index is 13.7. The lowest BCUT2D eigenvalue weighted by Crippen LogP contribution is -2.44. The van der Waals surface area contributed by atoms with Gasteiger partial charge >= 0.3 is 6.18 Å². The second kappa shape index (κ2) is 13.0. The molecule has 238 valence electrons. The summed E-state index contributed by atoms with van der Waals surface area (Å²) >= 11 is 0. The van der Waals surface area contributed by atoms with Gasteiger partial charge in [-0.3, -0.25) is 10.3 Å². The second-order valence-electron chi connectivity index (χ2n) is 12.0. The first-order valence-electron chi connectivity index (χ1n) is 15.5. The summed E-state index contributed by atoms with van der Waals surface area (Å²) in [5, 5.41) is 25.5. The highest BCUT2D eigenvalue weighted by Gasteiger charge is 2.48. The number of ether oxygens (including phenoxy) is 2. The second-order valence-corrected chi connectivity index (χ2v) is 12.0.